The van der Waals surface area contributed by atoms with E-state index < -0.39 is 5.41 Å². The lowest BCUT2D eigenvalue weighted by Gasteiger charge is -2.30. The van der Waals surface area contributed by atoms with Crippen molar-refractivity contribution in [3.05, 3.63) is 30.3 Å². The Balaban J connectivity index is 2.27. The van der Waals surface area contributed by atoms with E-state index in [9.17, 15) is 10.2 Å². The lowest BCUT2D eigenvalue weighted by Crippen LogP contribution is -2.40. The highest BCUT2D eigenvalue weighted by Gasteiger charge is 2.24. The first-order valence-electron chi connectivity index (χ1n) is 6.18. The first-order chi connectivity index (χ1) is 8.59. The first-order valence-corrected chi connectivity index (χ1v) is 6.18. The quantitative estimate of drug-likeness (QED) is 0.725. The van der Waals surface area contributed by atoms with Crippen molar-refractivity contribution in [2.45, 2.75) is 6.92 Å². The number of hydrogen-bond donors (Lipinski definition) is 2. The third kappa shape index (κ3) is 5.04. The van der Waals surface area contributed by atoms with Crippen LogP contribution >= 0.6 is 0 Å². The molecule has 0 fully saturated rings. The molecule has 0 bridgehead atoms. The fraction of sp³-hybridized carbons (Fsp3) is 0.571. The third-order valence-corrected chi connectivity index (χ3v) is 2.90. The minimum atomic E-state index is -0.457. The normalized spacial score (nSPS) is 11.8. The molecule has 1 aromatic rings. The maximum atomic E-state index is 9.22. The van der Waals surface area contributed by atoms with Gasteiger partial charge in [-0.3, -0.25) is 0 Å². The van der Waals surface area contributed by atoms with Gasteiger partial charge in [-0.15, -0.1) is 0 Å². The van der Waals surface area contributed by atoms with Crippen molar-refractivity contribution in [2.24, 2.45) is 5.41 Å². The molecule has 2 N–H and O–H groups in total. The van der Waals surface area contributed by atoms with Gasteiger partial charge >= 0.3 is 0 Å². The van der Waals surface area contributed by atoms with E-state index in [4.69, 9.17) is 4.74 Å². The average molecular weight is 253 g/mol. The van der Waals surface area contributed by atoms with Crippen LogP contribution in [0.15, 0.2) is 30.3 Å². The molecule has 0 radical (unpaired) electrons. The molecule has 4 nitrogen and oxygen atoms in total. The van der Waals surface area contributed by atoms with Crippen molar-refractivity contribution in [3.63, 3.8) is 0 Å². The number of para-hydroxylation sites is 1. The van der Waals surface area contributed by atoms with Crippen LogP contribution in [0.25, 0.3) is 0 Å². The lowest BCUT2D eigenvalue weighted by molar-refractivity contribution is 0.0391. The standard InChI is InChI=1S/C14H23NO3/c1-14(11-16,12-17)10-15(2)8-9-18-13-6-4-3-5-7-13/h3-7,16-17H,8-12H2,1-2H3. The summed E-state index contributed by atoms with van der Waals surface area (Å²) in [4.78, 5) is 2.05. The maximum Gasteiger partial charge on any atom is 0.119 e. The molecule has 0 aromatic heterocycles. The van der Waals surface area contributed by atoms with Crippen LogP contribution < -0.4 is 4.74 Å². The van der Waals surface area contributed by atoms with Gasteiger partial charge in [0.2, 0.25) is 0 Å². The second-order valence-corrected chi connectivity index (χ2v) is 5.03. The Hall–Kier alpha value is -1.10. The highest BCUT2D eigenvalue weighted by Crippen LogP contribution is 2.15. The zero-order chi connectivity index (χ0) is 13.4. The fourth-order valence-electron chi connectivity index (χ4n) is 1.72. The van der Waals surface area contributed by atoms with Gasteiger partial charge in [0.15, 0.2) is 0 Å². The molecule has 0 heterocycles. The molecule has 0 saturated heterocycles. The number of likely N-dealkylation sites (N-methyl/N-ethyl adjacent to an activating group) is 1. The van der Waals surface area contributed by atoms with Gasteiger partial charge in [0, 0.05) is 18.5 Å². The molecular weight excluding hydrogens is 230 g/mol. The highest BCUT2D eigenvalue weighted by molar-refractivity contribution is 5.20. The van der Waals surface area contributed by atoms with Crippen molar-refractivity contribution in [1.29, 1.82) is 0 Å². The molecule has 1 aromatic carbocycles. The second kappa shape index (κ2) is 7.36. The molecule has 102 valence electrons. The van der Waals surface area contributed by atoms with E-state index in [1.165, 1.54) is 0 Å². The number of aliphatic hydroxyl groups is 2. The third-order valence-electron chi connectivity index (χ3n) is 2.90. The number of hydrogen-bond acceptors (Lipinski definition) is 4. The minimum Gasteiger partial charge on any atom is -0.492 e. The Morgan fingerprint density at radius 1 is 1.17 bits per heavy atom. The molecule has 0 amide bonds. The van der Waals surface area contributed by atoms with Crippen molar-refractivity contribution in [1.82, 2.24) is 4.90 Å². The number of ether oxygens (including phenoxy) is 1. The predicted octanol–water partition coefficient (Wildman–Crippen LogP) is 0.988. The average Bonchev–Trinajstić information content (AvgIpc) is 2.40. The molecule has 0 atom stereocenters. The lowest BCUT2D eigenvalue weighted by atomic mass is 9.92. The van der Waals surface area contributed by atoms with Crippen molar-refractivity contribution in [2.75, 3.05) is 40.0 Å². The van der Waals surface area contributed by atoms with Crippen LogP contribution in [0.5, 0.6) is 5.75 Å². The molecule has 0 aliphatic heterocycles. The van der Waals surface area contributed by atoms with Gasteiger partial charge in [-0.25, -0.2) is 0 Å². The molecular formula is C14H23NO3. The van der Waals surface area contributed by atoms with E-state index in [1.54, 1.807) is 0 Å². The summed E-state index contributed by atoms with van der Waals surface area (Å²) in [6.07, 6.45) is 0. The van der Waals surface area contributed by atoms with Crippen LogP contribution in [0, 0.1) is 5.41 Å². The zero-order valence-corrected chi connectivity index (χ0v) is 11.2. The smallest absolute Gasteiger partial charge is 0.119 e. The first kappa shape index (κ1) is 15.0. The Labute approximate surface area is 109 Å². The van der Waals surface area contributed by atoms with E-state index >= 15 is 0 Å². The summed E-state index contributed by atoms with van der Waals surface area (Å²) in [5, 5.41) is 18.4. The van der Waals surface area contributed by atoms with Crippen LogP contribution in [-0.2, 0) is 0 Å². The van der Waals surface area contributed by atoms with Crippen LogP contribution in [0.2, 0.25) is 0 Å². The molecule has 0 aliphatic carbocycles. The van der Waals surface area contributed by atoms with Gasteiger partial charge in [-0.05, 0) is 19.2 Å². The molecule has 0 unspecified atom stereocenters. The Bertz CT molecular complexity index is 325. The Kier molecular flexibility index (Phi) is 6.12. The van der Waals surface area contributed by atoms with E-state index in [0.717, 1.165) is 12.3 Å². The fourth-order valence-corrected chi connectivity index (χ4v) is 1.72. The van der Waals surface area contributed by atoms with Crippen molar-refractivity contribution < 1.29 is 14.9 Å². The van der Waals surface area contributed by atoms with Gasteiger partial charge < -0.3 is 19.8 Å². The van der Waals surface area contributed by atoms with Gasteiger partial charge in [-0.2, -0.15) is 0 Å². The van der Waals surface area contributed by atoms with E-state index in [-0.39, 0.29) is 13.2 Å². The van der Waals surface area contributed by atoms with Gasteiger partial charge in [0.25, 0.3) is 0 Å². The van der Waals surface area contributed by atoms with Crippen LogP contribution in [0.3, 0.4) is 0 Å². The largest absolute Gasteiger partial charge is 0.492 e. The summed E-state index contributed by atoms with van der Waals surface area (Å²) < 4.78 is 5.59. The summed E-state index contributed by atoms with van der Waals surface area (Å²) >= 11 is 0. The maximum absolute atomic E-state index is 9.22. The summed E-state index contributed by atoms with van der Waals surface area (Å²) in [5.41, 5.74) is -0.457. The van der Waals surface area contributed by atoms with Gasteiger partial charge in [0.05, 0.1) is 13.2 Å². The second-order valence-electron chi connectivity index (χ2n) is 5.03. The summed E-state index contributed by atoms with van der Waals surface area (Å²) in [5.74, 6) is 0.859. The molecule has 1 rings (SSSR count). The van der Waals surface area contributed by atoms with Crippen LogP contribution in [0.4, 0.5) is 0 Å². The van der Waals surface area contributed by atoms with E-state index in [1.807, 2.05) is 44.3 Å². The molecule has 4 heteroatoms. The summed E-state index contributed by atoms with van der Waals surface area (Å²) in [7, 11) is 1.96. The van der Waals surface area contributed by atoms with Crippen molar-refractivity contribution in [3.8, 4) is 5.75 Å². The summed E-state index contributed by atoms with van der Waals surface area (Å²) in [6.45, 7) is 3.80. The monoisotopic (exact) mass is 253 g/mol. The molecule has 0 spiro atoms. The molecule has 0 aliphatic rings. The van der Waals surface area contributed by atoms with E-state index in [2.05, 4.69) is 4.90 Å². The van der Waals surface area contributed by atoms with Crippen LogP contribution in [-0.4, -0.2) is 55.1 Å². The Morgan fingerprint density at radius 3 is 2.33 bits per heavy atom. The highest BCUT2D eigenvalue weighted by atomic mass is 16.5. The Morgan fingerprint density at radius 2 is 1.78 bits per heavy atom. The minimum absolute atomic E-state index is 0.0205. The topological polar surface area (TPSA) is 52.9 Å². The SMILES string of the molecule is CN(CCOc1ccccc1)CC(C)(CO)CO. The van der Waals surface area contributed by atoms with Crippen LogP contribution in [0.1, 0.15) is 6.92 Å². The van der Waals surface area contributed by atoms with Crippen molar-refractivity contribution >= 4 is 0 Å². The number of benzene rings is 1. The molecule has 0 saturated carbocycles. The number of rotatable bonds is 8. The predicted molar refractivity (Wildman–Crippen MR) is 71.7 cm³/mol. The number of nitrogens with zero attached hydrogens (tertiary/aromatic N) is 1. The van der Waals surface area contributed by atoms with Gasteiger partial charge in [0.1, 0.15) is 12.4 Å². The zero-order valence-electron chi connectivity index (χ0n) is 11.2. The van der Waals surface area contributed by atoms with E-state index in [0.29, 0.717) is 13.2 Å². The number of aliphatic hydroxyl groups excluding tert-OH is 2. The summed E-state index contributed by atoms with van der Waals surface area (Å²) in [6, 6.07) is 9.67. The molecule has 18 heavy (non-hydrogen) atoms. The van der Waals surface area contributed by atoms with Gasteiger partial charge in [-0.1, -0.05) is 25.1 Å².